The molecule has 2 aromatic carbocycles. The molecule has 3 nitrogen and oxygen atoms in total. The van der Waals surface area contributed by atoms with Crippen LogP contribution >= 0.6 is 11.8 Å². The van der Waals surface area contributed by atoms with Crippen molar-refractivity contribution in [2.75, 3.05) is 18.4 Å². The molecule has 0 bridgehead atoms. The van der Waals surface area contributed by atoms with Gasteiger partial charge in [-0.1, -0.05) is 30.0 Å². The zero-order valence-electron chi connectivity index (χ0n) is 14.0. The molecule has 0 aliphatic carbocycles. The van der Waals surface area contributed by atoms with Crippen LogP contribution in [-0.4, -0.2) is 19.0 Å². The van der Waals surface area contributed by atoms with Gasteiger partial charge in [0.1, 0.15) is 0 Å². The van der Waals surface area contributed by atoms with E-state index in [9.17, 15) is 4.79 Å². The number of anilines is 1. The quantitative estimate of drug-likeness (QED) is 0.815. The summed E-state index contributed by atoms with van der Waals surface area (Å²) in [6.07, 6.45) is 2.77. The molecule has 1 amide bonds. The monoisotopic (exact) mass is 340 g/mol. The molecule has 0 spiro atoms. The van der Waals surface area contributed by atoms with Crippen molar-refractivity contribution in [2.45, 2.75) is 36.0 Å². The SMILES string of the molecule is Cc1cc(Sc2ccccc2)ccc1NC(=O)CCC1CCNC1. The van der Waals surface area contributed by atoms with Crippen LogP contribution in [0, 0.1) is 12.8 Å². The number of hydrogen-bond acceptors (Lipinski definition) is 3. The number of benzene rings is 2. The van der Waals surface area contributed by atoms with Gasteiger partial charge in [0.15, 0.2) is 0 Å². The number of carbonyl (C=O) groups is 1. The minimum atomic E-state index is 0.119. The highest BCUT2D eigenvalue weighted by Gasteiger charge is 2.16. The molecule has 126 valence electrons. The second-order valence-electron chi connectivity index (χ2n) is 6.34. The first-order valence-corrected chi connectivity index (χ1v) is 9.36. The number of nitrogens with one attached hydrogen (secondary N) is 2. The first-order chi connectivity index (χ1) is 11.7. The largest absolute Gasteiger partial charge is 0.326 e. The lowest BCUT2D eigenvalue weighted by Crippen LogP contribution is -2.15. The van der Waals surface area contributed by atoms with Crippen LogP contribution in [0.5, 0.6) is 0 Å². The molecule has 1 aliphatic heterocycles. The van der Waals surface area contributed by atoms with Crippen molar-refractivity contribution in [2.24, 2.45) is 5.92 Å². The maximum Gasteiger partial charge on any atom is 0.224 e. The van der Waals surface area contributed by atoms with E-state index in [0.717, 1.165) is 30.8 Å². The lowest BCUT2D eigenvalue weighted by molar-refractivity contribution is -0.116. The summed E-state index contributed by atoms with van der Waals surface area (Å²) in [5, 5.41) is 6.40. The molecule has 1 aliphatic rings. The van der Waals surface area contributed by atoms with Crippen LogP contribution in [0.3, 0.4) is 0 Å². The second kappa shape index (κ2) is 8.36. The average molecular weight is 340 g/mol. The molecule has 0 radical (unpaired) electrons. The molecule has 1 saturated heterocycles. The summed E-state index contributed by atoms with van der Waals surface area (Å²) in [6, 6.07) is 16.5. The maximum atomic E-state index is 12.2. The van der Waals surface area contributed by atoms with Crippen LogP contribution < -0.4 is 10.6 Å². The van der Waals surface area contributed by atoms with Crippen LogP contribution in [-0.2, 0) is 4.79 Å². The maximum absolute atomic E-state index is 12.2. The molecule has 1 atom stereocenters. The van der Waals surface area contributed by atoms with Gasteiger partial charge in [-0.25, -0.2) is 0 Å². The first-order valence-electron chi connectivity index (χ1n) is 8.55. The molecule has 2 N–H and O–H groups in total. The van der Waals surface area contributed by atoms with E-state index in [1.807, 2.05) is 31.2 Å². The van der Waals surface area contributed by atoms with E-state index in [1.165, 1.54) is 16.2 Å². The van der Waals surface area contributed by atoms with Crippen LogP contribution in [0.25, 0.3) is 0 Å². The molecule has 1 unspecified atom stereocenters. The number of aryl methyl sites for hydroxylation is 1. The third kappa shape index (κ3) is 4.86. The average Bonchev–Trinajstić information content (AvgIpc) is 3.10. The van der Waals surface area contributed by atoms with Gasteiger partial charge in [-0.3, -0.25) is 4.79 Å². The molecular weight excluding hydrogens is 316 g/mol. The third-order valence-electron chi connectivity index (χ3n) is 4.39. The Balaban J connectivity index is 1.55. The molecule has 3 rings (SSSR count). The molecule has 24 heavy (non-hydrogen) atoms. The van der Waals surface area contributed by atoms with Gasteiger partial charge in [0.05, 0.1) is 0 Å². The summed E-state index contributed by atoms with van der Waals surface area (Å²) < 4.78 is 0. The van der Waals surface area contributed by atoms with Gasteiger partial charge in [0.25, 0.3) is 0 Å². The molecule has 0 aromatic heterocycles. The molecule has 0 saturated carbocycles. The fraction of sp³-hybridized carbons (Fsp3) is 0.350. The Bertz CT molecular complexity index is 681. The fourth-order valence-electron chi connectivity index (χ4n) is 2.97. The number of rotatable bonds is 6. The predicted octanol–water partition coefficient (Wildman–Crippen LogP) is 4.47. The van der Waals surface area contributed by atoms with Gasteiger partial charge < -0.3 is 10.6 Å². The number of hydrogen-bond donors (Lipinski definition) is 2. The Morgan fingerprint density at radius 1 is 1.21 bits per heavy atom. The van der Waals surface area contributed by atoms with Gasteiger partial charge in [0.2, 0.25) is 5.91 Å². The van der Waals surface area contributed by atoms with Crippen LogP contribution in [0.15, 0.2) is 58.3 Å². The minimum absolute atomic E-state index is 0.119. The summed E-state index contributed by atoms with van der Waals surface area (Å²) in [5.41, 5.74) is 2.02. The first kappa shape index (κ1) is 17.1. The predicted molar refractivity (Wildman–Crippen MR) is 101 cm³/mol. The number of carbonyl (C=O) groups excluding carboxylic acids is 1. The highest BCUT2D eigenvalue weighted by Crippen LogP contribution is 2.30. The van der Waals surface area contributed by atoms with Crippen molar-refractivity contribution >= 4 is 23.4 Å². The van der Waals surface area contributed by atoms with E-state index in [1.54, 1.807) is 11.8 Å². The molecule has 1 heterocycles. The topological polar surface area (TPSA) is 41.1 Å². The van der Waals surface area contributed by atoms with Crippen LogP contribution in [0.4, 0.5) is 5.69 Å². The van der Waals surface area contributed by atoms with Crippen molar-refractivity contribution in [1.29, 1.82) is 0 Å². The van der Waals surface area contributed by atoms with Gasteiger partial charge in [-0.15, -0.1) is 0 Å². The lowest BCUT2D eigenvalue weighted by Gasteiger charge is -2.12. The fourth-order valence-corrected chi connectivity index (χ4v) is 3.91. The van der Waals surface area contributed by atoms with Crippen LogP contribution in [0.1, 0.15) is 24.8 Å². The van der Waals surface area contributed by atoms with Gasteiger partial charge in [-0.05, 0) is 74.7 Å². The van der Waals surface area contributed by atoms with Gasteiger partial charge in [-0.2, -0.15) is 0 Å². The van der Waals surface area contributed by atoms with E-state index in [2.05, 4.69) is 34.9 Å². The number of amides is 1. The molecule has 4 heteroatoms. The van der Waals surface area contributed by atoms with Crippen molar-refractivity contribution in [3.05, 3.63) is 54.1 Å². The van der Waals surface area contributed by atoms with E-state index >= 15 is 0 Å². The highest BCUT2D eigenvalue weighted by atomic mass is 32.2. The minimum Gasteiger partial charge on any atom is -0.326 e. The Morgan fingerprint density at radius 3 is 2.75 bits per heavy atom. The Labute approximate surface area is 148 Å². The molecule has 1 fully saturated rings. The Kier molecular flexibility index (Phi) is 5.94. The summed E-state index contributed by atoms with van der Waals surface area (Å²) in [4.78, 5) is 14.6. The van der Waals surface area contributed by atoms with Crippen molar-refractivity contribution < 1.29 is 4.79 Å². The zero-order chi connectivity index (χ0) is 16.8. The van der Waals surface area contributed by atoms with E-state index < -0.39 is 0 Å². The second-order valence-corrected chi connectivity index (χ2v) is 7.48. The van der Waals surface area contributed by atoms with E-state index in [-0.39, 0.29) is 5.91 Å². The third-order valence-corrected chi connectivity index (χ3v) is 5.39. The normalized spacial score (nSPS) is 17.0. The smallest absolute Gasteiger partial charge is 0.224 e. The van der Waals surface area contributed by atoms with Gasteiger partial charge >= 0.3 is 0 Å². The lowest BCUT2D eigenvalue weighted by atomic mass is 10.0. The van der Waals surface area contributed by atoms with Crippen molar-refractivity contribution in [3.8, 4) is 0 Å². The highest BCUT2D eigenvalue weighted by molar-refractivity contribution is 7.99. The molecule has 2 aromatic rings. The van der Waals surface area contributed by atoms with Gasteiger partial charge in [0, 0.05) is 21.9 Å². The zero-order valence-corrected chi connectivity index (χ0v) is 14.9. The van der Waals surface area contributed by atoms with Crippen LogP contribution in [0.2, 0.25) is 0 Å². The summed E-state index contributed by atoms with van der Waals surface area (Å²) in [5.74, 6) is 0.773. The molecular formula is C20H24N2OS. The Morgan fingerprint density at radius 2 is 2.04 bits per heavy atom. The van der Waals surface area contributed by atoms with E-state index in [4.69, 9.17) is 0 Å². The van der Waals surface area contributed by atoms with Crippen molar-refractivity contribution in [1.82, 2.24) is 5.32 Å². The van der Waals surface area contributed by atoms with Crippen molar-refractivity contribution in [3.63, 3.8) is 0 Å². The standard InChI is InChI=1S/C20H24N2OS/c1-15-13-18(24-17-5-3-2-4-6-17)8-9-19(15)22-20(23)10-7-16-11-12-21-14-16/h2-6,8-9,13,16,21H,7,10-12,14H2,1H3,(H,22,23). The summed E-state index contributed by atoms with van der Waals surface area (Å²) >= 11 is 1.74. The summed E-state index contributed by atoms with van der Waals surface area (Å²) in [6.45, 7) is 4.19. The summed E-state index contributed by atoms with van der Waals surface area (Å²) in [7, 11) is 0. The van der Waals surface area contributed by atoms with E-state index in [0.29, 0.717) is 12.3 Å². The Hall–Kier alpha value is -1.78.